The van der Waals surface area contributed by atoms with Gasteiger partial charge in [0.05, 0.1) is 12.9 Å². The lowest BCUT2D eigenvalue weighted by Gasteiger charge is -2.16. The summed E-state index contributed by atoms with van der Waals surface area (Å²) in [5.74, 6) is 2.80. The number of rotatable bonds is 10. The molecule has 0 spiro atoms. The minimum Gasteiger partial charge on any atom is -0.497 e. The van der Waals surface area contributed by atoms with Gasteiger partial charge in [0.2, 0.25) is 5.91 Å². The summed E-state index contributed by atoms with van der Waals surface area (Å²) in [5.41, 5.74) is 1.96. The molecule has 1 heterocycles. The fourth-order valence-corrected chi connectivity index (χ4v) is 4.03. The zero-order valence-corrected chi connectivity index (χ0v) is 20.0. The van der Waals surface area contributed by atoms with Gasteiger partial charge in [-0.25, -0.2) is 0 Å². The Balaban J connectivity index is 1.61. The molecular formula is C24H30N4O3S. The zero-order valence-electron chi connectivity index (χ0n) is 19.2. The summed E-state index contributed by atoms with van der Waals surface area (Å²) in [5, 5.41) is 12.2. The average Bonchev–Trinajstić information content (AvgIpc) is 3.21. The molecule has 1 unspecified atom stereocenters. The third kappa shape index (κ3) is 6.03. The van der Waals surface area contributed by atoms with Gasteiger partial charge in [-0.3, -0.25) is 4.79 Å². The highest BCUT2D eigenvalue weighted by atomic mass is 32.2. The van der Waals surface area contributed by atoms with Gasteiger partial charge in [-0.15, -0.1) is 10.2 Å². The molecule has 0 saturated heterocycles. The largest absolute Gasteiger partial charge is 0.497 e. The Morgan fingerprint density at radius 2 is 1.84 bits per heavy atom. The molecule has 0 bridgehead atoms. The van der Waals surface area contributed by atoms with Crippen LogP contribution in [0, 0.1) is 0 Å². The molecule has 1 atom stereocenters. The number of carbonyl (C=O) groups is 1. The average molecular weight is 455 g/mol. The van der Waals surface area contributed by atoms with Crippen LogP contribution in [0.3, 0.4) is 0 Å². The number of hydrogen-bond acceptors (Lipinski definition) is 6. The van der Waals surface area contributed by atoms with Crippen molar-refractivity contribution in [3.8, 4) is 11.5 Å². The van der Waals surface area contributed by atoms with Gasteiger partial charge in [0.1, 0.15) is 11.5 Å². The van der Waals surface area contributed by atoms with Crippen molar-refractivity contribution in [3.63, 3.8) is 0 Å². The number of thioether (sulfide) groups is 1. The second-order valence-electron chi connectivity index (χ2n) is 7.64. The van der Waals surface area contributed by atoms with E-state index in [2.05, 4.69) is 41.5 Å². The van der Waals surface area contributed by atoms with Crippen LogP contribution in [0.15, 0.2) is 53.7 Å². The highest BCUT2D eigenvalue weighted by Gasteiger charge is 2.19. The topological polar surface area (TPSA) is 78.3 Å². The normalized spacial score (nSPS) is 11.9. The summed E-state index contributed by atoms with van der Waals surface area (Å²) in [7, 11) is 1.59. The van der Waals surface area contributed by atoms with E-state index in [9.17, 15) is 4.79 Å². The molecule has 0 aliphatic heterocycles. The second kappa shape index (κ2) is 11.0. The third-order valence-electron chi connectivity index (χ3n) is 4.97. The Morgan fingerprint density at radius 3 is 2.50 bits per heavy atom. The predicted molar refractivity (Wildman–Crippen MR) is 128 cm³/mol. The number of nitrogens with zero attached hydrogens (tertiary/aromatic N) is 3. The van der Waals surface area contributed by atoms with Crippen LogP contribution in [0.1, 0.15) is 51.1 Å². The fourth-order valence-electron chi connectivity index (χ4n) is 3.22. The first kappa shape index (κ1) is 23.7. The van der Waals surface area contributed by atoms with Crippen molar-refractivity contribution in [2.75, 3.05) is 18.2 Å². The molecular weight excluding hydrogens is 424 g/mol. The molecule has 32 heavy (non-hydrogen) atoms. The molecule has 1 aromatic heterocycles. The molecule has 0 aliphatic carbocycles. The van der Waals surface area contributed by atoms with Gasteiger partial charge >= 0.3 is 0 Å². The molecule has 0 fully saturated rings. The van der Waals surface area contributed by atoms with Gasteiger partial charge in [-0.05, 0) is 49.6 Å². The molecule has 0 aliphatic rings. The maximum absolute atomic E-state index is 12.4. The van der Waals surface area contributed by atoms with Crippen LogP contribution >= 0.6 is 11.8 Å². The van der Waals surface area contributed by atoms with Gasteiger partial charge in [-0.1, -0.05) is 43.8 Å². The number of aromatic nitrogens is 3. The second-order valence-corrected chi connectivity index (χ2v) is 8.58. The van der Waals surface area contributed by atoms with Crippen molar-refractivity contribution in [2.45, 2.75) is 51.4 Å². The highest BCUT2D eigenvalue weighted by molar-refractivity contribution is 7.99. The monoisotopic (exact) mass is 454 g/mol. The number of ether oxygens (including phenoxy) is 2. The van der Waals surface area contributed by atoms with Gasteiger partial charge in [0, 0.05) is 18.3 Å². The van der Waals surface area contributed by atoms with E-state index < -0.39 is 0 Å². The smallest absolute Gasteiger partial charge is 0.234 e. The van der Waals surface area contributed by atoms with Crippen LogP contribution in [0.4, 0.5) is 5.69 Å². The minimum absolute atomic E-state index is 0.120. The lowest BCUT2D eigenvalue weighted by atomic mass is 10.0. The molecule has 3 aromatic rings. The molecule has 2 aromatic carbocycles. The van der Waals surface area contributed by atoms with E-state index in [1.807, 2.05) is 48.7 Å². The van der Waals surface area contributed by atoms with E-state index in [4.69, 9.17) is 9.47 Å². The number of methoxy groups -OCH3 is 1. The van der Waals surface area contributed by atoms with Crippen molar-refractivity contribution in [1.82, 2.24) is 14.8 Å². The summed E-state index contributed by atoms with van der Waals surface area (Å²) in [4.78, 5) is 12.4. The maximum atomic E-state index is 12.4. The van der Waals surface area contributed by atoms with Crippen molar-refractivity contribution in [3.05, 3.63) is 59.9 Å². The van der Waals surface area contributed by atoms with E-state index in [1.54, 1.807) is 13.2 Å². The van der Waals surface area contributed by atoms with E-state index in [-0.39, 0.29) is 17.8 Å². The van der Waals surface area contributed by atoms with E-state index >= 15 is 0 Å². The summed E-state index contributed by atoms with van der Waals surface area (Å²) in [6, 6.07) is 15.4. The van der Waals surface area contributed by atoms with Crippen molar-refractivity contribution < 1.29 is 14.3 Å². The molecule has 1 amide bonds. The molecule has 8 heteroatoms. The highest BCUT2D eigenvalue weighted by Crippen LogP contribution is 2.26. The van der Waals surface area contributed by atoms with Gasteiger partial charge in [0.25, 0.3) is 0 Å². The zero-order chi connectivity index (χ0) is 23.1. The lowest BCUT2D eigenvalue weighted by Crippen LogP contribution is -2.15. The molecule has 1 N–H and O–H groups in total. The number of benzene rings is 2. The van der Waals surface area contributed by atoms with Crippen molar-refractivity contribution in [2.24, 2.45) is 0 Å². The summed E-state index contributed by atoms with van der Waals surface area (Å²) < 4.78 is 13.3. The van der Waals surface area contributed by atoms with Crippen LogP contribution < -0.4 is 14.8 Å². The predicted octanol–water partition coefficient (Wildman–Crippen LogP) is 5.30. The Hall–Kier alpha value is -3.00. The first-order valence-electron chi connectivity index (χ1n) is 10.7. The minimum atomic E-state index is -0.271. The summed E-state index contributed by atoms with van der Waals surface area (Å²) in [6.07, 6.45) is -0.271. The van der Waals surface area contributed by atoms with Crippen molar-refractivity contribution in [1.29, 1.82) is 0 Å². The van der Waals surface area contributed by atoms with E-state index in [0.717, 1.165) is 11.6 Å². The maximum Gasteiger partial charge on any atom is 0.234 e. The Labute approximate surface area is 193 Å². The molecule has 170 valence electrons. The third-order valence-corrected chi connectivity index (χ3v) is 5.94. The Morgan fingerprint density at radius 1 is 1.09 bits per heavy atom. The van der Waals surface area contributed by atoms with Gasteiger partial charge in [-0.2, -0.15) is 0 Å². The lowest BCUT2D eigenvalue weighted by molar-refractivity contribution is -0.113. The van der Waals surface area contributed by atoms with Crippen LogP contribution in [0.5, 0.6) is 11.5 Å². The SMILES string of the molecule is CCn1c(SCC(=O)Nc2cccc(OC)c2)nnc1C(C)Oc1ccc(C(C)C)cc1. The quantitative estimate of drug-likeness (QED) is 0.419. The number of amides is 1. The van der Waals surface area contributed by atoms with Crippen molar-refractivity contribution >= 4 is 23.4 Å². The number of hydrogen-bond donors (Lipinski definition) is 1. The Bertz CT molecular complexity index is 1030. The molecule has 0 radical (unpaired) electrons. The Kier molecular flexibility index (Phi) is 8.16. The van der Waals surface area contributed by atoms with Crippen LogP contribution in [0.25, 0.3) is 0 Å². The fraction of sp³-hybridized carbons (Fsp3) is 0.375. The first-order chi connectivity index (χ1) is 15.4. The van der Waals surface area contributed by atoms with Gasteiger partial charge < -0.3 is 19.4 Å². The number of anilines is 1. The van der Waals surface area contributed by atoms with Crippen LogP contribution in [-0.2, 0) is 11.3 Å². The van der Waals surface area contributed by atoms with Gasteiger partial charge in [0.15, 0.2) is 17.1 Å². The summed E-state index contributed by atoms with van der Waals surface area (Å²) >= 11 is 1.35. The number of carbonyl (C=O) groups excluding carboxylic acids is 1. The molecule has 7 nitrogen and oxygen atoms in total. The first-order valence-corrected chi connectivity index (χ1v) is 11.7. The van der Waals surface area contributed by atoms with E-state index in [1.165, 1.54) is 17.3 Å². The summed E-state index contributed by atoms with van der Waals surface area (Å²) in [6.45, 7) is 8.99. The number of nitrogens with one attached hydrogen (secondary N) is 1. The molecule has 0 saturated carbocycles. The van der Waals surface area contributed by atoms with Crippen LogP contribution in [-0.4, -0.2) is 33.5 Å². The standard InChI is InChI=1S/C24H30N4O3S/c1-6-28-23(17(4)31-20-12-10-18(11-13-20)16(2)3)26-27-24(28)32-15-22(29)25-19-8-7-9-21(14-19)30-5/h7-14,16-17H,6,15H2,1-5H3,(H,25,29). The molecule has 3 rings (SSSR count). The van der Waals surface area contributed by atoms with E-state index in [0.29, 0.717) is 29.1 Å². The van der Waals surface area contributed by atoms with Crippen LogP contribution in [0.2, 0.25) is 0 Å².